The number of ether oxygens (including phenoxy) is 1. The van der Waals surface area contributed by atoms with Gasteiger partial charge >= 0.3 is 6.03 Å². The fraction of sp³-hybridized carbons (Fsp3) is 0.346. The summed E-state index contributed by atoms with van der Waals surface area (Å²) in [5.74, 6) is 1.55. The molecule has 0 aliphatic heterocycles. The standard InChI is InChI=1S/C26H29FN6O5/c1-5-21(36-18-9-6-16(7-10-18)22-30-24(14(2)3)37-32-22)25-31-23(33-38-25)17-8-11-20(19(27)12-17)29-26(35)28-13-15(4)34/h6-12,14-15,21,34H,5,13H2,1-4H3,(H2,28,29,35)/t15-,21?/m0/s1. The summed E-state index contributed by atoms with van der Waals surface area (Å²) >= 11 is 0. The highest BCUT2D eigenvalue weighted by Gasteiger charge is 2.21. The third kappa shape index (κ3) is 6.51. The highest BCUT2D eigenvalue weighted by molar-refractivity contribution is 5.89. The first kappa shape index (κ1) is 26.7. The summed E-state index contributed by atoms with van der Waals surface area (Å²) in [5, 5.41) is 22.0. The summed E-state index contributed by atoms with van der Waals surface area (Å²) in [6, 6.07) is 10.8. The van der Waals surface area contributed by atoms with E-state index in [9.17, 15) is 14.3 Å². The molecule has 11 nitrogen and oxygen atoms in total. The quantitative estimate of drug-likeness (QED) is 0.258. The summed E-state index contributed by atoms with van der Waals surface area (Å²) in [7, 11) is 0. The summed E-state index contributed by atoms with van der Waals surface area (Å²) in [6.07, 6.45) is -0.696. The van der Waals surface area contributed by atoms with E-state index in [1.54, 1.807) is 18.2 Å². The Bertz CT molecular complexity index is 1370. The monoisotopic (exact) mass is 524 g/mol. The number of amides is 2. The lowest BCUT2D eigenvalue weighted by molar-refractivity contribution is 0.154. The minimum absolute atomic E-state index is 0.0278. The third-order valence-corrected chi connectivity index (χ3v) is 5.45. The second kappa shape index (κ2) is 11.8. The van der Waals surface area contributed by atoms with Crippen molar-refractivity contribution in [3.63, 3.8) is 0 Å². The zero-order valence-corrected chi connectivity index (χ0v) is 21.4. The van der Waals surface area contributed by atoms with Crippen LogP contribution in [0, 0.1) is 5.82 Å². The predicted octanol–water partition coefficient (Wildman–Crippen LogP) is 5.08. The maximum Gasteiger partial charge on any atom is 0.319 e. The maximum atomic E-state index is 14.6. The van der Waals surface area contributed by atoms with Crippen molar-refractivity contribution in [2.75, 3.05) is 11.9 Å². The molecule has 12 heteroatoms. The summed E-state index contributed by atoms with van der Waals surface area (Å²) < 4.78 is 31.3. The topological polar surface area (TPSA) is 148 Å². The van der Waals surface area contributed by atoms with Crippen molar-refractivity contribution in [3.05, 3.63) is 60.1 Å². The van der Waals surface area contributed by atoms with E-state index in [1.807, 2.05) is 32.9 Å². The SMILES string of the molecule is CCC(Oc1ccc(-c2noc(C(C)C)n2)cc1)c1nc(-c2ccc(NC(=O)NC[C@H](C)O)c(F)c2)no1. The van der Waals surface area contributed by atoms with Gasteiger partial charge in [-0.25, -0.2) is 9.18 Å². The number of hydrogen-bond acceptors (Lipinski definition) is 9. The number of hydrogen-bond donors (Lipinski definition) is 3. The Hall–Kier alpha value is -4.32. The van der Waals surface area contributed by atoms with Gasteiger partial charge in [0.2, 0.25) is 17.5 Å². The number of halogens is 1. The Balaban J connectivity index is 1.42. The highest BCUT2D eigenvalue weighted by atomic mass is 19.1. The van der Waals surface area contributed by atoms with Gasteiger partial charge < -0.3 is 29.5 Å². The molecule has 2 aromatic carbocycles. The van der Waals surface area contributed by atoms with Gasteiger partial charge in [-0.3, -0.25) is 0 Å². The molecule has 0 saturated heterocycles. The van der Waals surface area contributed by atoms with Crippen molar-refractivity contribution in [1.82, 2.24) is 25.6 Å². The fourth-order valence-electron chi connectivity index (χ4n) is 3.39. The van der Waals surface area contributed by atoms with Crippen LogP contribution >= 0.6 is 0 Å². The minimum atomic E-state index is -0.717. The molecular formula is C26H29FN6O5. The number of rotatable bonds is 10. The molecule has 4 rings (SSSR count). The Morgan fingerprint density at radius 2 is 1.63 bits per heavy atom. The van der Waals surface area contributed by atoms with E-state index >= 15 is 0 Å². The number of nitrogens with zero attached hydrogens (tertiary/aromatic N) is 4. The number of aliphatic hydroxyl groups is 1. The largest absolute Gasteiger partial charge is 0.481 e. The lowest BCUT2D eigenvalue weighted by Crippen LogP contribution is -2.34. The average Bonchev–Trinajstić information content (AvgIpc) is 3.58. The van der Waals surface area contributed by atoms with Crippen molar-refractivity contribution >= 4 is 11.7 Å². The number of nitrogens with one attached hydrogen (secondary N) is 2. The van der Waals surface area contributed by atoms with E-state index < -0.39 is 24.1 Å². The van der Waals surface area contributed by atoms with Crippen LogP contribution in [-0.2, 0) is 0 Å². The molecule has 0 aliphatic rings. The molecule has 0 radical (unpaired) electrons. The Morgan fingerprint density at radius 3 is 2.24 bits per heavy atom. The molecule has 4 aromatic rings. The van der Waals surface area contributed by atoms with E-state index in [0.29, 0.717) is 29.4 Å². The van der Waals surface area contributed by atoms with Crippen LogP contribution in [-0.4, -0.2) is 44.1 Å². The van der Waals surface area contributed by atoms with E-state index in [2.05, 4.69) is 30.9 Å². The van der Waals surface area contributed by atoms with Crippen LogP contribution in [0.4, 0.5) is 14.9 Å². The zero-order chi connectivity index (χ0) is 27.2. The van der Waals surface area contributed by atoms with Gasteiger partial charge in [0.25, 0.3) is 5.89 Å². The first-order valence-electron chi connectivity index (χ1n) is 12.2. The number of carbonyl (C=O) groups is 1. The fourth-order valence-corrected chi connectivity index (χ4v) is 3.39. The molecule has 0 fully saturated rings. The first-order chi connectivity index (χ1) is 18.2. The predicted molar refractivity (Wildman–Crippen MR) is 136 cm³/mol. The number of anilines is 1. The normalized spacial score (nSPS) is 12.8. The van der Waals surface area contributed by atoms with Crippen LogP contribution in [0.3, 0.4) is 0 Å². The lowest BCUT2D eigenvalue weighted by atomic mass is 10.2. The minimum Gasteiger partial charge on any atom is -0.481 e. The molecule has 0 saturated carbocycles. The van der Waals surface area contributed by atoms with Crippen LogP contribution in [0.1, 0.15) is 57.9 Å². The van der Waals surface area contributed by atoms with Gasteiger partial charge in [-0.15, -0.1) is 0 Å². The van der Waals surface area contributed by atoms with Crippen molar-refractivity contribution in [3.8, 4) is 28.5 Å². The van der Waals surface area contributed by atoms with Gasteiger partial charge in [0.05, 0.1) is 11.8 Å². The van der Waals surface area contributed by atoms with Crippen LogP contribution in [0.25, 0.3) is 22.8 Å². The summed E-state index contributed by atoms with van der Waals surface area (Å²) in [5.41, 5.74) is 1.13. The molecule has 2 aromatic heterocycles. The van der Waals surface area contributed by atoms with Gasteiger partial charge in [0.15, 0.2) is 6.10 Å². The van der Waals surface area contributed by atoms with E-state index in [4.69, 9.17) is 13.8 Å². The highest BCUT2D eigenvalue weighted by Crippen LogP contribution is 2.29. The lowest BCUT2D eigenvalue weighted by Gasteiger charge is -2.13. The average molecular weight is 525 g/mol. The van der Waals surface area contributed by atoms with E-state index in [1.165, 1.54) is 19.1 Å². The van der Waals surface area contributed by atoms with Crippen molar-refractivity contribution in [1.29, 1.82) is 0 Å². The number of aliphatic hydroxyl groups excluding tert-OH is 1. The van der Waals surface area contributed by atoms with E-state index in [-0.39, 0.29) is 29.9 Å². The molecular weight excluding hydrogens is 495 g/mol. The molecule has 2 amide bonds. The first-order valence-corrected chi connectivity index (χ1v) is 12.2. The molecule has 1 unspecified atom stereocenters. The molecule has 200 valence electrons. The van der Waals surface area contributed by atoms with E-state index in [0.717, 1.165) is 5.56 Å². The van der Waals surface area contributed by atoms with Gasteiger partial charge in [-0.2, -0.15) is 9.97 Å². The molecule has 2 atom stereocenters. The van der Waals surface area contributed by atoms with Crippen molar-refractivity contribution < 1.29 is 28.1 Å². The van der Waals surface area contributed by atoms with Crippen LogP contribution in [0.5, 0.6) is 5.75 Å². The van der Waals surface area contributed by atoms with Gasteiger partial charge in [0, 0.05) is 23.6 Å². The molecule has 2 heterocycles. The van der Waals surface area contributed by atoms with Gasteiger partial charge in [-0.1, -0.05) is 31.1 Å². The van der Waals surface area contributed by atoms with Crippen molar-refractivity contribution in [2.24, 2.45) is 0 Å². The third-order valence-electron chi connectivity index (χ3n) is 5.45. The zero-order valence-electron chi connectivity index (χ0n) is 21.4. The summed E-state index contributed by atoms with van der Waals surface area (Å²) in [4.78, 5) is 20.6. The Kier molecular flexibility index (Phi) is 8.31. The molecule has 0 aliphatic carbocycles. The second-order valence-electron chi connectivity index (χ2n) is 8.98. The van der Waals surface area contributed by atoms with Gasteiger partial charge in [-0.05, 0) is 55.8 Å². The molecule has 0 spiro atoms. The Labute approximate surface area is 218 Å². The second-order valence-corrected chi connectivity index (χ2v) is 8.98. The van der Waals surface area contributed by atoms with Crippen molar-refractivity contribution in [2.45, 2.75) is 52.2 Å². The number of benzene rings is 2. The molecule has 0 bridgehead atoms. The van der Waals surface area contributed by atoms with Crippen LogP contribution < -0.4 is 15.4 Å². The smallest absolute Gasteiger partial charge is 0.319 e. The number of urea groups is 1. The number of aromatic nitrogens is 4. The Morgan fingerprint density at radius 1 is 1.00 bits per heavy atom. The molecule has 38 heavy (non-hydrogen) atoms. The van der Waals surface area contributed by atoms with Crippen LogP contribution in [0.2, 0.25) is 0 Å². The maximum absolute atomic E-state index is 14.6. The van der Waals surface area contributed by atoms with Gasteiger partial charge in [0.1, 0.15) is 11.6 Å². The van der Waals surface area contributed by atoms with Crippen LogP contribution in [0.15, 0.2) is 51.5 Å². The summed E-state index contributed by atoms with van der Waals surface area (Å²) in [6.45, 7) is 7.44. The molecule has 3 N–H and O–H groups in total. The number of carbonyl (C=O) groups excluding carboxylic acids is 1.